The number of aromatic amines is 1. The van der Waals surface area contributed by atoms with Crippen LogP contribution in [0.25, 0.3) is 11.0 Å². The number of para-hydroxylation sites is 2. The van der Waals surface area contributed by atoms with Gasteiger partial charge in [-0.25, -0.2) is 9.97 Å². The predicted octanol–water partition coefficient (Wildman–Crippen LogP) is 7.17. The van der Waals surface area contributed by atoms with Gasteiger partial charge in [0.2, 0.25) is 5.91 Å². The zero-order chi connectivity index (χ0) is 22.8. The minimum Gasteiger partial charge on any atom is -0.333 e. The van der Waals surface area contributed by atoms with Crippen LogP contribution in [-0.2, 0) is 4.79 Å². The summed E-state index contributed by atoms with van der Waals surface area (Å²) in [5.41, 5.74) is 3.98. The zero-order valence-electron chi connectivity index (χ0n) is 19.1. The number of hydrogen-bond donors (Lipinski definition) is 2. The molecule has 8 heteroatoms. The number of unbranched alkanes of at least 4 members (excludes halogenated alkanes) is 5. The maximum Gasteiger partial charge on any atom is 0.224 e. The van der Waals surface area contributed by atoms with Crippen LogP contribution in [-0.4, -0.2) is 39.1 Å². The second-order valence-electron chi connectivity index (χ2n) is 7.68. The molecule has 0 aliphatic rings. The van der Waals surface area contributed by atoms with Crippen molar-refractivity contribution in [3.63, 3.8) is 0 Å². The molecule has 1 aromatic carbocycles. The fraction of sp³-hybridized carbons (Fsp3) is 0.458. The van der Waals surface area contributed by atoms with Crippen LogP contribution in [0.4, 0.5) is 5.69 Å². The quantitative estimate of drug-likeness (QED) is 0.196. The molecule has 0 unspecified atom stereocenters. The highest BCUT2D eigenvalue weighted by atomic mass is 32.2. The SMILES string of the molecule is CSc1cc(C)nc(SC)c1NC(=O)CCCCCCCCSc1nc2ccccc2[nH]1. The van der Waals surface area contributed by atoms with Gasteiger partial charge in [-0.15, -0.1) is 23.5 Å². The fourth-order valence-corrected chi connectivity index (χ4v) is 5.69. The Labute approximate surface area is 203 Å². The monoisotopic (exact) mass is 488 g/mol. The van der Waals surface area contributed by atoms with Crippen molar-refractivity contribution in [2.24, 2.45) is 0 Å². The van der Waals surface area contributed by atoms with Crippen molar-refractivity contribution in [1.82, 2.24) is 15.0 Å². The number of rotatable bonds is 13. The van der Waals surface area contributed by atoms with Crippen molar-refractivity contribution >= 4 is 57.9 Å². The molecule has 1 amide bonds. The number of H-pyrrole nitrogens is 1. The van der Waals surface area contributed by atoms with Crippen LogP contribution in [0, 0.1) is 6.92 Å². The number of aromatic nitrogens is 3. The summed E-state index contributed by atoms with van der Waals surface area (Å²) in [5.74, 6) is 1.17. The highest BCUT2D eigenvalue weighted by Crippen LogP contribution is 2.33. The van der Waals surface area contributed by atoms with Crippen molar-refractivity contribution in [1.29, 1.82) is 0 Å². The maximum atomic E-state index is 12.4. The van der Waals surface area contributed by atoms with Gasteiger partial charge in [0.15, 0.2) is 5.16 Å². The normalized spacial score (nSPS) is 11.2. The van der Waals surface area contributed by atoms with E-state index in [0.29, 0.717) is 6.42 Å². The van der Waals surface area contributed by atoms with E-state index in [1.54, 1.807) is 35.3 Å². The van der Waals surface area contributed by atoms with Gasteiger partial charge in [0.05, 0.1) is 16.7 Å². The van der Waals surface area contributed by atoms with Gasteiger partial charge in [-0.05, 0) is 50.5 Å². The summed E-state index contributed by atoms with van der Waals surface area (Å²) in [6.07, 6.45) is 11.4. The molecule has 0 aliphatic carbocycles. The molecule has 2 aromatic heterocycles. The average Bonchev–Trinajstić information content (AvgIpc) is 3.21. The van der Waals surface area contributed by atoms with Gasteiger partial charge in [0, 0.05) is 22.8 Å². The largest absolute Gasteiger partial charge is 0.333 e. The molecule has 0 spiro atoms. The molecule has 0 saturated carbocycles. The number of aryl methyl sites for hydroxylation is 1. The van der Waals surface area contributed by atoms with Gasteiger partial charge in [0.25, 0.3) is 0 Å². The van der Waals surface area contributed by atoms with Gasteiger partial charge < -0.3 is 10.3 Å². The molecule has 2 heterocycles. The van der Waals surface area contributed by atoms with E-state index in [1.807, 2.05) is 43.7 Å². The second kappa shape index (κ2) is 13.2. The van der Waals surface area contributed by atoms with Crippen LogP contribution in [0.5, 0.6) is 0 Å². The van der Waals surface area contributed by atoms with E-state index in [1.165, 1.54) is 25.7 Å². The van der Waals surface area contributed by atoms with Crippen LogP contribution >= 0.6 is 35.3 Å². The molecule has 0 atom stereocenters. The highest BCUT2D eigenvalue weighted by molar-refractivity contribution is 7.99. The lowest BCUT2D eigenvalue weighted by Gasteiger charge is -2.14. The molecular weight excluding hydrogens is 456 g/mol. The van der Waals surface area contributed by atoms with Crippen molar-refractivity contribution in [3.8, 4) is 0 Å². The third kappa shape index (κ3) is 7.46. The summed E-state index contributed by atoms with van der Waals surface area (Å²) in [5, 5.41) is 5.00. The first-order valence-electron chi connectivity index (χ1n) is 11.1. The molecular formula is C24H32N4OS3. The Morgan fingerprint density at radius 2 is 1.75 bits per heavy atom. The van der Waals surface area contributed by atoms with E-state index >= 15 is 0 Å². The molecule has 32 heavy (non-hydrogen) atoms. The third-order valence-corrected chi connectivity index (χ3v) is 7.56. The summed E-state index contributed by atoms with van der Waals surface area (Å²) in [7, 11) is 0. The first-order chi connectivity index (χ1) is 15.6. The number of pyridine rings is 1. The zero-order valence-corrected chi connectivity index (χ0v) is 21.5. The fourth-order valence-electron chi connectivity index (χ4n) is 3.50. The number of carbonyl (C=O) groups is 1. The van der Waals surface area contributed by atoms with Crippen molar-refractivity contribution in [3.05, 3.63) is 36.0 Å². The molecule has 0 bridgehead atoms. The Morgan fingerprint density at radius 3 is 2.50 bits per heavy atom. The molecule has 0 fully saturated rings. The summed E-state index contributed by atoms with van der Waals surface area (Å²) in [4.78, 5) is 26.0. The Morgan fingerprint density at radius 1 is 1.00 bits per heavy atom. The molecule has 3 aromatic rings. The van der Waals surface area contributed by atoms with E-state index in [2.05, 4.69) is 26.3 Å². The first kappa shape index (κ1) is 25.0. The standard InChI is InChI=1S/C24H32N4OS3/c1-17-16-20(30-2)22(23(25-17)31-3)28-21(29)14-8-6-4-5-7-11-15-32-24-26-18-12-9-10-13-19(18)27-24/h9-10,12-13,16H,4-8,11,14-15H2,1-3H3,(H,26,27)(H,28,29). The van der Waals surface area contributed by atoms with Gasteiger partial charge in [-0.2, -0.15) is 0 Å². The number of nitrogens with zero attached hydrogens (tertiary/aromatic N) is 2. The van der Waals surface area contributed by atoms with Crippen molar-refractivity contribution in [2.45, 2.75) is 66.9 Å². The van der Waals surface area contributed by atoms with E-state index in [9.17, 15) is 4.79 Å². The van der Waals surface area contributed by atoms with Gasteiger partial charge in [-0.3, -0.25) is 4.79 Å². The van der Waals surface area contributed by atoms with E-state index in [-0.39, 0.29) is 5.91 Å². The summed E-state index contributed by atoms with van der Waals surface area (Å²) in [6.45, 7) is 1.99. The van der Waals surface area contributed by atoms with Gasteiger partial charge in [0.1, 0.15) is 5.03 Å². The molecule has 172 valence electrons. The number of hydrogen-bond acceptors (Lipinski definition) is 6. The topological polar surface area (TPSA) is 70.7 Å². The van der Waals surface area contributed by atoms with E-state index in [0.717, 1.165) is 56.1 Å². The Bertz CT molecular complexity index is 963. The van der Waals surface area contributed by atoms with Gasteiger partial charge >= 0.3 is 0 Å². The Kier molecular flexibility index (Phi) is 10.3. The van der Waals surface area contributed by atoms with Gasteiger partial charge in [-0.1, -0.05) is 49.6 Å². The third-order valence-electron chi connectivity index (χ3n) is 5.16. The lowest BCUT2D eigenvalue weighted by atomic mass is 10.1. The second-order valence-corrected chi connectivity index (χ2v) is 10.4. The van der Waals surface area contributed by atoms with Crippen LogP contribution in [0.15, 0.2) is 45.4 Å². The Hall–Kier alpha value is -1.64. The van der Waals surface area contributed by atoms with Crippen molar-refractivity contribution < 1.29 is 4.79 Å². The summed E-state index contributed by atoms with van der Waals surface area (Å²) < 4.78 is 0. The number of imidazole rings is 1. The van der Waals surface area contributed by atoms with Crippen LogP contribution in [0.2, 0.25) is 0 Å². The van der Waals surface area contributed by atoms with Crippen molar-refractivity contribution in [2.75, 3.05) is 23.6 Å². The smallest absolute Gasteiger partial charge is 0.224 e. The molecule has 0 aliphatic heterocycles. The summed E-state index contributed by atoms with van der Waals surface area (Å²) >= 11 is 5.02. The number of benzene rings is 1. The molecule has 0 radical (unpaired) electrons. The number of carbonyl (C=O) groups excluding carboxylic acids is 1. The maximum absolute atomic E-state index is 12.4. The number of thioether (sulfide) groups is 3. The van der Waals surface area contributed by atoms with Crippen LogP contribution < -0.4 is 5.32 Å². The Balaban J connectivity index is 1.27. The minimum atomic E-state index is 0.0866. The average molecular weight is 489 g/mol. The molecule has 5 nitrogen and oxygen atoms in total. The number of nitrogens with one attached hydrogen (secondary N) is 2. The number of fused-ring (bicyclic) bond motifs is 1. The predicted molar refractivity (Wildman–Crippen MR) is 140 cm³/mol. The minimum absolute atomic E-state index is 0.0866. The first-order valence-corrected chi connectivity index (χ1v) is 14.5. The molecule has 0 saturated heterocycles. The van der Waals surface area contributed by atoms with E-state index in [4.69, 9.17) is 0 Å². The highest BCUT2D eigenvalue weighted by Gasteiger charge is 2.13. The number of anilines is 1. The van der Waals surface area contributed by atoms with Crippen LogP contribution in [0.1, 0.15) is 50.6 Å². The van der Waals surface area contributed by atoms with Crippen LogP contribution in [0.3, 0.4) is 0 Å². The number of amides is 1. The summed E-state index contributed by atoms with van der Waals surface area (Å²) in [6, 6.07) is 10.2. The lowest BCUT2D eigenvalue weighted by Crippen LogP contribution is -2.13. The molecule has 3 rings (SSSR count). The van der Waals surface area contributed by atoms with E-state index < -0.39 is 0 Å². The molecule has 2 N–H and O–H groups in total. The lowest BCUT2D eigenvalue weighted by molar-refractivity contribution is -0.116.